The van der Waals surface area contributed by atoms with Gasteiger partial charge in [0.15, 0.2) is 11.6 Å². The molecule has 3 heteroatoms. The summed E-state index contributed by atoms with van der Waals surface area (Å²) < 4.78 is 31.9. The van der Waals surface area contributed by atoms with Gasteiger partial charge >= 0.3 is 0 Å². The van der Waals surface area contributed by atoms with E-state index in [0.717, 1.165) is 28.9 Å². The van der Waals surface area contributed by atoms with Gasteiger partial charge in [0.25, 0.3) is 0 Å². The summed E-state index contributed by atoms with van der Waals surface area (Å²) in [6, 6.07) is 21.9. The Bertz CT molecular complexity index is 783. The van der Waals surface area contributed by atoms with Crippen molar-refractivity contribution in [1.29, 1.82) is 0 Å². The lowest BCUT2D eigenvalue weighted by Crippen LogP contribution is -1.96. The Kier molecular flexibility index (Phi) is 5.22. The molecule has 0 aliphatic carbocycles. The Hall–Kier alpha value is -2.68. The van der Waals surface area contributed by atoms with Crippen molar-refractivity contribution in [2.75, 3.05) is 0 Å². The van der Waals surface area contributed by atoms with Gasteiger partial charge in [-0.05, 0) is 53.8 Å². The van der Waals surface area contributed by atoms with Gasteiger partial charge in [-0.25, -0.2) is 8.78 Å². The number of benzene rings is 3. The monoisotopic (exact) mass is 324 g/mol. The van der Waals surface area contributed by atoms with Crippen LogP contribution in [0, 0.1) is 11.6 Å². The summed E-state index contributed by atoms with van der Waals surface area (Å²) >= 11 is 0. The van der Waals surface area contributed by atoms with Crippen molar-refractivity contribution in [2.24, 2.45) is 0 Å². The molecule has 0 N–H and O–H groups in total. The lowest BCUT2D eigenvalue weighted by Gasteiger charge is -2.08. The van der Waals surface area contributed by atoms with Gasteiger partial charge in [-0.1, -0.05) is 48.5 Å². The van der Waals surface area contributed by atoms with Crippen LogP contribution in [0.1, 0.15) is 16.7 Å². The molecular weight excluding hydrogens is 306 g/mol. The van der Waals surface area contributed by atoms with E-state index in [4.69, 9.17) is 4.74 Å². The first-order valence-corrected chi connectivity index (χ1v) is 7.90. The predicted molar refractivity (Wildman–Crippen MR) is 91.0 cm³/mol. The number of halogens is 2. The number of aryl methyl sites for hydroxylation is 2. The fourth-order valence-electron chi connectivity index (χ4n) is 2.48. The van der Waals surface area contributed by atoms with Crippen molar-refractivity contribution < 1.29 is 13.5 Å². The third-order valence-electron chi connectivity index (χ3n) is 3.86. The number of rotatable bonds is 6. The lowest BCUT2D eigenvalue weighted by atomic mass is 10.0. The van der Waals surface area contributed by atoms with Crippen molar-refractivity contribution in [3.05, 3.63) is 101 Å². The van der Waals surface area contributed by atoms with E-state index in [2.05, 4.69) is 0 Å². The van der Waals surface area contributed by atoms with E-state index in [1.807, 2.05) is 54.6 Å². The average molecular weight is 324 g/mol. The molecule has 0 fully saturated rings. The molecule has 0 aliphatic rings. The van der Waals surface area contributed by atoms with Gasteiger partial charge < -0.3 is 4.74 Å². The van der Waals surface area contributed by atoms with Crippen LogP contribution in [0.3, 0.4) is 0 Å². The van der Waals surface area contributed by atoms with Crippen molar-refractivity contribution in [3.63, 3.8) is 0 Å². The van der Waals surface area contributed by atoms with Crippen LogP contribution in [0.5, 0.6) is 5.75 Å². The van der Waals surface area contributed by atoms with E-state index >= 15 is 0 Å². The second kappa shape index (κ2) is 7.73. The molecule has 0 atom stereocenters. The first-order chi connectivity index (χ1) is 11.7. The lowest BCUT2D eigenvalue weighted by molar-refractivity contribution is 0.306. The van der Waals surface area contributed by atoms with Crippen LogP contribution >= 0.6 is 0 Å². The fourth-order valence-corrected chi connectivity index (χ4v) is 2.48. The number of hydrogen-bond donors (Lipinski definition) is 0. The SMILES string of the molecule is Fc1ccc(CCc2ccc(OCc3ccccc3)cc2)cc1F. The molecule has 0 spiro atoms. The normalized spacial score (nSPS) is 10.6. The summed E-state index contributed by atoms with van der Waals surface area (Å²) in [6.07, 6.45) is 1.44. The minimum absolute atomic E-state index is 0.537. The van der Waals surface area contributed by atoms with Crippen LogP contribution in [0.15, 0.2) is 72.8 Å². The van der Waals surface area contributed by atoms with Crippen LogP contribution in [0.4, 0.5) is 8.78 Å². The predicted octanol–water partition coefficient (Wildman–Crippen LogP) is 5.33. The Morgan fingerprint density at radius 2 is 1.29 bits per heavy atom. The Morgan fingerprint density at radius 1 is 0.625 bits per heavy atom. The van der Waals surface area contributed by atoms with E-state index in [9.17, 15) is 8.78 Å². The Labute approximate surface area is 140 Å². The molecule has 3 rings (SSSR count). The zero-order valence-corrected chi connectivity index (χ0v) is 13.2. The van der Waals surface area contributed by atoms with Crippen molar-refractivity contribution in [1.82, 2.24) is 0 Å². The standard InChI is InChI=1S/C21H18F2O/c22-20-13-10-17(14-21(20)23)7-6-16-8-11-19(12-9-16)24-15-18-4-2-1-3-5-18/h1-5,8-14H,6-7,15H2. The topological polar surface area (TPSA) is 9.23 Å². The van der Waals surface area contributed by atoms with E-state index in [1.165, 1.54) is 12.1 Å². The Morgan fingerprint density at radius 3 is 2.00 bits per heavy atom. The molecule has 0 bridgehead atoms. The second-order valence-corrected chi connectivity index (χ2v) is 5.67. The van der Waals surface area contributed by atoms with Crippen LogP contribution in [-0.2, 0) is 19.4 Å². The third-order valence-corrected chi connectivity index (χ3v) is 3.86. The van der Waals surface area contributed by atoms with Gasteiger partial charge in [0, 0.05) is 0 Å². The van der Waals surface area contributed by atoms with Gasteiger partial charge in [-0.15, -0.1) is 0 Å². The molecule has 0 heterocycles. The van der Waals surface area contributed by atoms with Gasteiger partial charge in [-0.2, -0.15) is 0 Å². The van der Waals surface area contributed by atoms with Crippen LogP contribution in [0.25, 0.3) is 0 Å². The van der Waals surface area contributed by atoms with Gasteiger partial charge in [0.05, 0.1) is 0 Å². The first kappa shape index (κ1) is 16.2. The van der Waals surface area contributed by atoms with Gasteiger partial charge in [-0.3, -0.25) is 0 Å². The Balaban J connectivity index is 1.53. The van der Waals surface area contributed by atoms with Gasteiger partial charge in [0.2, 0.25) is 0 Å². The highest BCUT2D eigenvalue weighted by Gasteiger charge is 2.03. The average Bonchev–Trinajstić information content (AvgIpc) is 2.63. The minimum atomic E-state index is -0.807. The maximum atomic E-state index is 13.2. The van der Waals surface area contributed by atoms with Gasteiger partial charge in [0.1, 0.15) is 12.4 Å². The zero-order valence-electron chi connectivity index (χ0n) is 13.2. The summed E-state index contributed by atoms with van der Waals surface area (Å²) in [5.41, 5.74) is 3.05. The molecule has 122 valence electrons. The second-order valence-electron chi connectivity index (χ2n) is 5.67. The maximum absolute atomic E-state index is 13.2. The summed E-state index contributed by atoms with van der Waals surface area (Å²) in [5, 5.41) is 0. The summed E-state index contributed by atoms with van der Waals surface area (Å²) in [7, 11) is 0. The van der Waals surface area contributed by atoms with Crippen LogP contribution in [-0.4, -0.2) is 0 Å². The smallest absolute Gasteiger partial charge is 0.159 e. The third kappa shape index (κ3) is 4.42. The fraction of sp³-hybridized carbons (Fsp3) is 0.143. The largest absolute Gasteiger partial charge is 0.489 e. The summed E-state index contributed by atoms with van der Waals surface area (Å²) in [6.45, 7) is 0.537. The molecule has 0 radical (unpaired) electrons. The molecule has 3 aromatic carbocycles. The highest BCUT2D eigenvalue weighted by atomic mass is 19.2. The highest BCUT2D eigenvalue weighted by molar-refractivity contribution is 5.29. The molecule has 0 saturated carbocycles. The van der Waals surface area contributed by atoms with Crippen LogP contribution in [0.2, 0.25) is 0 Å². The van der Waals surface area contributed by atoms with E-state index in [1.54, 1.807) is 6.07 Å². The molecule has 0 saturated heterocycles. The zero-order chi connectivity index (χ0) is 16.8. The molecule has 0 unspecified atom stereocenters. The highest BCUT2D eigenvalue weighted by Crippen LogP contribution is 2.16. The summed E-state index contributed by atoms with van der Waals surface area (Å²) in [5.74, 6) is -0.786. The minimum Gasteiger partial charge on any atom is -0.489 e. The molecular formula is C21H18F2O. The number of ether oxygens (including phenoxy) is 1. The first-order valence-electron chi connectivity index (χ1n) is 7.90. The molecule has 24 heavy (non-hydrogen) atoms. The van der Waals surface area contributed by atoms with Crippen LogP contribution < -0.4 is 4.74 Å². The van der Waals surface area contributed by atoms with Crippen molar-refractivity contribution in [3.8, 4) is 5.75 Å². The van der Waals surface area contributed by atoms with Crippen molar-refractivity contribution in [2.45, 2.75) is 19.4 Å². The molecule has 0 aromatic heterocycles. The molecule has 1 nitrogen and oxygen atoms in total. The van der Waals surface area contributed by atoms with E-state index in [-0.39, 0.29) is 0 Å². The van der Waals surface area contributed by atoms with E-state index < -0.39 is 11.6 Å². The maximum Gasteiger partial charge on any atom is 0.159 e. The summed E-state index contributed by atoms with van der Waals surface area (Å²) in [4.78, 5) is 0. The van der Waals surface area contributed by atoms with Crippen molar-refractivity contribution >= 4 is 0 Å². The molecule has 0 amide bonds. The van der Waals surface area contributed by atoms with E-state index in [0.29, 0.717) is 13.0 Å². The molecule has 3 aromatic rings. The quantitative estimate of drug-likeness (QED) is 0.595. The molecule has 0 aliphatic heterocycles. The number of hydrogen-bond acceptors (Lipinski definition) is 1.